The van der Waals surface area contributed by atoms with Crippen LogP contribution in [0, 0.1) is 0 Å². The molecule has 0 unspecified atom stereocenters. The summed E-state index contributed by atoms with van der Waals surface area (Å²) < 4.78 is 11.0. The van der Waals surface area contributed by atoms with Crippen LogP contribution >= 0.6 is 0 Å². The zero-order chi connectivity index (χ0) is 35.8. The molecule has 0 atom stereocenters. The third kappa shape index (κ3) is 5.25. The molecule has 0 saturated heterocycles. The number of aromatic nitrogens is 4. The Kier molecular flexibility index (Phi) is 8.61. The number of ether oxygens (including phenoxy) is 1. The first-order valence-electron chi connectivity index (χ1n) is 18.0. The van der Waals surface area contributed by atoms with Crippen molar-refractivity contribution in [2.24, 2.45) is 7.05 Å². The van der Waals surface area contributed by atoms with E-state index in [1.165, 1.54) is 38.1 Å². The van der Waals surface area contributed by atoms with Crippen molar-refractivity contribution < 1.29 is 4.74 Å². The highest BCUT2D eigenvalue weighted by atomic mass is 16.5. The fourth-order valence-corrected chi connectivity index (χ4v) is 7.46. The van der Waals surface area contributed by atoms with Crippen molar-refractivity contribution in [3.05, 3.63) is 157 Å². The third-order valence-corrected chi connectivity index (χ3v) is 9.71. The smallest absolute Gasteiger partial charge is 0.160 e. The molecule has 1 aliphatic rings. The maximum absolute atomic E-state index is 6.40. The van der Waals surface area contributed by atoms with Crippen LogP contribution in [0.5, 0.6) is 5.75 Å². The normalized spacial score (nSPS) is 13.7. The van der Waals surface area contributed by atoms with Gasteiger partial charge in [0, 0.05) is 56.7 Å². The minimum Gasteiger partial charge on any atom is -0.453 e. The summed E-state index contributed by atoms with van der Waals surface area (Å²) >= 11 is 0. The summed E-state index contributed by atoms with van der Waals surface area (Å²) in [6, 6.07) is 48.0. The zero-order valence-electron chi connectivity index (χ0n) is 30.1. The number of allylic oxidation sites excluding steroid dienone is 3. The Hall–Kier alpha value is -6.46. The van der Waals surface area contributed by atoms with Crippen LogP contribution in [0.1, 0.15) is 27.7 Å². The predicted octanol–water partition coefficient (Wildman–Crippen LogP) is 12.6. The van der Waals surface area contributed by atoms with E-state index in [1.807, 2.05) is 93.6 Å². The van der Waals surface area contributed by atoms with Crippen LogP contribution in [0.2, 0.25) is 0 Å². The summed E-state index contributed by atoms with van der Waals surface area (Å²) in [6.07, 6.45) is 4.18. The molecule has 52 heavy (non-hydrogen) atoms. The van der Waals surface area contributed by atoms with Crippen molar-refractivity contribution >= 4 is 60.2 Å². The Balaban J connectivity index is 0.000000146. The van der Waals surface area contributed by atoms with Crippen molar-refractivity contribution in [3.63, 3.8) is 0 Å². The van der Waals surface area contributed by atoms with E-state index < -0.39 is 0 Å². The average Bonchev–Trinajstić information content (AvgIpc) is 3.71. The van der Waals surface area contributed by atoms with Crippen molar-refractivity contribution in [3.8, 4) is 28.4 Å². The summed E-state index contributed by atoms with van der Waals surface area (Å²) in [7, 11) is 2.14. The lowest BCUT2D eigenvalue weighted by atomic mass is 10.0. The maximum Gasteiger partial charge on any atom is 0.160 e. The zero-order valence-corrected chi connectivity index (χ0v) is 30.1. The van der Waals surface area contributed by atoms with Gasteiger partial charge in [0.2, 0.25) is 0 Å². The van der Waals surface area contributed by atoms with E-state index in [0.29, 0.717) is 0 Å². The number of nitrogens with zero attached hydrogens (tertiary/aromatic N) is 4. The molecule has 0 saturated carbocycles. The lowest BCUT2D eigenvalue weighted by Gasteiger charge is -2.23. The van der Waals surface area contributed by atoms with E-state index in [-0.39, 0.29) is 0 Å². The first-order valence-corrected chi connectivity index (χ1v) is 18.0. The van der Waals surface area contributed by atoms with Crippen molar-refractivity contribution in [1.82, 2.24) is 19.1 Å². The monoisotopic (exact) mass is 676 g/mol. The number of rotatable bonds is 2. The molecule has 3 aromatic heterocycles. The average molecular weight is 677 g/mol. The second kappa shape index (κ2) is 13.7. The fraction of sp³-hybridized carbons (Fsp3) is 0.106. The molecule has 0 amide bonds. The molecule has 9 aromatic rings. The predicted molar refractivity (Wildman–Crippen MR) is 220 cm³/mol. The van der Waals surface area contributed by atoms with Gasteiger partial charge in [0.15, 0.2) is 11.6 Å². The molecule has 0 spiro atoms. The summed E-state index contributed by atoms with van der Waals surface area (Å²) in [5.41, 5.74) is 10.00. The van der Waals surface area contributed by atoms with E-state index in [0.717, 1.165) is 56.3 Å². The van der Waals surface area contributed by atoms with Crippen LogP contribution in [-0.2, 0) is 7.05 Å². The van der Waals surface area contributed by atoms with Gasteiger partial charge in [-0.05, 0) is 38.1 Å². The Bertz CT molecular complexity index is 2810. The van der Waals surface area contributed by atoms with E-state index >= 15 is 0 Å². The van der Waals surface area contributed by atoms with Gasteiger partial charge in [0.05, 0.1) is 33.5 Å². The third-order valence-electron chi connectivity index (χ3n) is 9.71. The van der Waals surface area contributed by atoms with E-state index in [9.17, 15) is 0 Å². The second-order valence-electron chi connectivity index (χ2n) is 12.5. The van der Waals surface area contributed by atoms with Gasteiger partial charge in [-0.3, -0.25) is 0 Å². The first kappa shape index (κ1) is 32.7. The number of hydrogen-bond acceptors (Lipinski definition) is 3. The highest BCUT2D eigenvalue weighted by molar-refractivity contribution is 6.30. The molecular formula is C47H40N4O. The molecule has 0 radical (unpaired) electrons. The van der Waals surface area contributed by atoms with Gasteiger partial charge in [-0.1, -0.05) is 135 Å². The molecule has 254 valence electrons. The van der Waals surface area contributed by atoms with Crippen molar-refractivity contribution in [2.75, 3.05) is 0 Å². The van der Waals surface area contributed by atoms with E-state index in [4.69, 9.17) is 14.7 Å². The quantitative estimate of drug-likeness (QED) is 0.183. The molecule has 6 aromatic carbocycles. The number of para-hydroxylation sites is 3. The molecule has 4 heterocycles. The molecule has 1 aliphatic heterocycles. The van der Waals surface area contributed by atoms with Crippen LogP contribution in [0.4, 0.5) is 0 Å². The molecular weight excluding hydrogens is 637 g/mol. The van der Waals surface area contributed by atoms with Crippen LogP contribution in [0.3, 0.4) is 0 Å². The van der Waals surface area contributed by atoms with Gasteiger partial charge in [-0.25, -0.2) is 9.97 Å². The number of hydrogen-bond donors (Lipinski definition) is 0. The lowest BCUT2D eigenvalue weighted by molar-refractivity contribution is 0.440. The Morgan fingerprint density at radius 2 is 1.13 bits per heavy atom. The summed E-state index contributed by atoms with van der Waals surface area (Å²) in [4.78, 5) is 9.55. The topological polar surface area (TPSA) is 44.9 Å². The molecule has 0 N–H and O–H groups in total. The SMILES string of the molecule is C/C=C1/Oc2cc3c(c4ccccc4n3C)c3c4ccccc4n(c23)/C1=C/C.CC.c1ccc(-c2nc(-c3ccccc3)c3ccccc3n2)cc1. The highest BCUT2D eigenvalue weighted by Crippen LogP contribution is 2.48. The Labute approximate surface area is 303 Å². The van der Waals surface area contributed by atoms with E-state index in [2.05, 4.69) is 102 Å². The summed E-state index contributed by atoms with van der Waals surface area (Å²) in [5.74, 6) is 2.58. The second-order valence-corrected chi connectivity index (χ2v) is 12.5. The Morgan fingerprint density at radius 3 is 1.81 bits per heavy atom. The Morgan fingerprint density at radius 1 is 0.558 bits per heavy atom. The molecule has 10 rings (SSSR count). The highest BCUT2D eigenvalue weighted by Gasteiger charge is 2.28. The number of aryl methyl sites for hydroxylation is 1. The fourth-order valence-electron chi connectivity index (χ4n) is 7.46. The first-order chi connectivity index (χ1) is 25.7. The van der Waals surface area contributed by atoms with Crippen molar-refractivity contribution in [1.29, 1.82) is 0 Å². The standard InChI is InChI=1S/C25H20N2O.C20H14N2.C2H6/c1-4-17-21(5-2)28-22-14-20-23(15-10-6-8-12-18(15)26(20)3)24-16-11-7-9-13-19(16)27(17)25(22)24;1-3-9-15(10-4-1)19-17-13-7-8-14-18(17)21-20(22-19)16-11-5-2-6-12-16;1-2/h4-14H,1-3H3;1-14H;1-2H3/b17-4+,21-5+;;. The molecule has 0 bridgehead atoms. The van der Waals surface area contributed by atoms with Gasteiger partial charge >= 0.3 is 0 Å². The minimum absolute atomic E-state index is 0.762. The van der Waals surface area contributed by atoms with Gasteiger partial charge in [0.1, 0.15) is 5.76 Å². The maximum atomic E-state index is 6.40. The molecule has 5 nitrogen and oxygen atoms in total. The largest absolute Gasteiger partial charge is 0.453 e. The lowest BCUT2D eigenvalue weighted by Crippen LogP contribution is -2.11. The van der Waals surface area contributed by atoms with Crippen LogP contribution < -0.4 is 4.74 Å². The van der Waals surface area contributed by atoms with Gasteiger partial charge in [0.25, 0.3) is 0 Å². The number of benzene rings is 6. The van der Waals surface area contributed by atoms with Crippen LogP contribution in [0.25, 0.3) is 82.9 Å². The van der Waals surface area contributed by atoms with Gasteiger partial charge < -0.3 is 13.9 Å². The molecule has 0 aliphatic carbocycles. The summed E-state index contributed by atoms with van der Waals surface area (Å²) in [5, 5.41) is 6.20. The number of fused-ring (bicyclic) bond motifs is 8. The summed E-state index contributed by atoms with van der Waals surface area (Å²) in [6.45, 7) is 8.10. The minimum atomic E-state index is 0.762. The van der Waals surface area contributed by atoms with Crippen molar-refractivity contribution in [2.45, 2.75) is 27.7 Å². The van der Waals surface area contributed by atoms with Crippen LogP contribution in [0.15, 0.2) is 157 Å². The molecule has 5 heteroatoms. The molecule has 0 fully saturated rings. The van der Waals surface area contributed by atoms with Gasteiger partial charge in [-0.2, -0.15) is 0 Å². The van der Waals surface area contributed by atoms with E-state index in [1.54, 1.807) is 0 Å². The van der Waals surface area contributed by atoms with Crippen LogP contribution in [-0.4, -0.2) is 19.1 Å². The van der Waals surface area contributed by atoms with Gasteiger partial charge in [-0.15, -0.1) is 0 Å².